The van der Waals surface area contributed by atoms with E-state index in [1.165, 1.54) is 43.3 Å². The zero-order valence-electron chi connectivity index (χ0n) is 12.5. The van der Waals surface area contributed by atoms with Crippen LogP contribution in [0, 0.1) is 18.6 Å². The summed E-state index contributed by atoms with van der Waals surface area (Å²) in [5.41, 5.74) is 0.00697. The number of benzene rings is 2. The molecule has 2 aromatic rings. The van der Waals surface area contributed by atoms with Crippen LogP contribution in [-0.2, 0) is 15.6 Å². The monoisotopic (exact) mass is 325 g/mol. The number of hydrogen-bond donors (Lipinski definition) is 1. The van der Waals surface area contributed by atoms with Crippen molar-refractivity contribution in [2.45, 2.75) is 31.2 Å². The molecule has 0 saturated heterocycles. The van der Waals surface area contributed by atoms with Gasteiger partial charge in [-0.25, -0.2) is 21.9 Å². The van der Waals surface area contributed by atoms with Gasteiger partial charge in [0.25, 0.3) is 0 Å². The van der Waals surface area contributed by atoms with E-state index in [1.807, 2.05) is 0 Å². The van der Waals surface area contributed by atoms with Crippen molar-refractivity contribution >= 4 is 10.0 Å². The lowest BCUT2D eigenvalue weighted by Gasteiger charge is -2.27. The molecule has 22 heavy (non-hydrogen) atoms. The molecule has 0 heterocycles. The Morgan fingerprint density at radius 1 is 0.955 bits per heavy atom. The molecule has 2 aromatic carbocycles. The Balaban J connectivity index is 2.36. The summed E-state index contributed by atoms with van der Waals surface area (Å²) in [7, 11) is -3.83. The summed E-state index contributed by atoms with van der Waals surface area (Å²) in [6, 6.07) is 9.09. The largest absolute Gasteiger partial charge is 0.241 e. The number of sulfonamides is 1. The van der Waals surface area contributed by atoms with Crippen molar-refractivity contribution in [3.63, 3.8) is 0 Å². The molecule has 0 amide bonds. The fourth-order valence-corrected chi connectivity index (χ4v) is 3.86. The van der Waals surface area contributed by atoms with E-state index in [0.717, 1.165) is 6.07 Å². The highest BCUT2D eigenvalue weighted by Gasteiger charge is 2.28. The first kappa shape index (κ1) is 16.6. The number of nitrogens with one attached hydrogen (secondary N) is 1. The molecule has 1 N–H and O–H groups in total. The van der Waals surface area contributed by atoms with Crippen molar-refractivity contribution in [1.82, 2.24) is 4.72 Å². The van der Waals surface area contributed by atoms with Gasteiger partial charge in [0.1, 0.15) is 11.6 Å². The van der Waals surface area contributed by atoms with Crippen LogP contribution in [0.4, 0.5) is 8.78 Å². The van der Waals surface area contributed by atoms with Gasteiger partial charge < -0.3 is 0 Å². The van der Waals surface area contributed by atoms with Crippen LogP contribution in [-0.4, -0.2) is 8.42 Å². The topological polar surface area (TPSA) is 46.2 Å². The van der Waals surface area contributed by atoms with Gasteiger partial charge in [-0.1, -0.05) is 12.1 Å². The maximum atomic E-state index is 13.1. The first-order valence-corrected chi connectivity index (χ1v) is 8.16. The second-order valence-corrected chi connectivity index (χ2v) is 7.30. The van der Waals surface area contributed by atoms with E-state index >= 15 is 0 Å². The van der Waals surface area contributed by atoms with Gasteiger partial charge in [0.15, 0.2) is 0 Å². The fraction of sp³-hybridized carbons (Fsp3) is 0.250. The summed E-state index contributed by atoms with van der Waals surface area (Å²) in [6.45, 7) is 4.88. The van der Waals surface area contributed by atoms with Crippen LogP contribution >= 0.6 is 0 Å². The van der Waals surface area contributed by atoms with Crippen molar-refractivity contribution in [3.05, 3.63) is 65.2 Å². The van der Waals surface area contributed by atoms with Gasteiger partial charge in [0.2, 0.25) is 10.0 Å². The molecule has 3 nitrogen and oxygen atoms in total. The van der Waals surface area contributed by atoms with Gasteiger partial charge in [-0.3, -0.25) is 0 Å². The molecular weight excluding hydrogens is 308 g/mol. The number of halogens is 2. The molecule has 0 unspecified atom stereocenters. The zero-order valence-corrected chi connectivity index (χ0v) is 13.3. The second kappa shape index (κ2) is 5.78. The first-order chi connectivity index (χ1) is 10.1. The SMILES string of the molecule is Cc1cc(F)ccc1S(=O)(=O)NC(C)(C)c1ccc(F)cc1. The summed E-state index contributed by atoms with van der Waals surface area (Å²) in [5.74, 6) is -0.883. The van der Waals surface area contributed by atoms with Gasteiger partial charge in [0.05, 0.1) is 10.4 Å². The third-order valence-electron chi connectivity index (χ3n) is 3.38. The number of rotatable bonds is 4. The molecule has 0 aliphatic carbocycles. The highest BCUT2D eigenvalue weighted by Crippen LogP contribution is 2.25. The lowest BCUT2D eigenvalue weighted by molar-refractivity contribution is 0.470. The maximum Gasteiger partial charge on any atom is 0.241 e. The Morgan fingerprint density at radius 2 is 1.50 bits per heavy atom. The van der Waals surface area contributed by atoms with Crippen molar-refractivity contribution in [1.29, 1.82) is 0 Å². The second-order valence-electron chi connectivity index (χ2n) is 5.65. The summed E-state index contributed by atoms with van der Waals surface area (Å²) in [4.78, 5) is 0.0177. The fourth-order valence-electron chi connectivity index (χ4n) is 2.23. The molecule has 0 saturated carbocycles. The summed E-state index contributed by atoms with van der Waals surface area (Å²) < 4.78 is 53.7. The Bertz CT molecular complexity index is 784. The van der Waals surface area contributed by atoms with E-state index in [4.69, 9.17) is 0 Å². The molecule has 0 radical (unpaired) electrons. The molecule has 0 spiro atoms. The molecule has 0 fully saturated rings. The lowest BCUT2D eigenvalue weighted by Crippen LogP contribution is -2.41. The minimum Gasteiger partial charge on any atom is -0.207 e. The van der Waals surface area contributed by atoms with Gasteiger partial charge in [-0.2, -0.15) is 0 Å². The van der Waals surface area contributed by atoms with Crippen LogP contribution in [0.2, 0.25) is 0 Å². The molecule has 0 aliphatic heterocycles. The van der Waals surface area contributed by atoms with Gasteiger partial charge in [0, 0.05) is 0 Å². The highest BCUT2D eigenvalue weighted by atomic mass is 32.2. The van der Waals surface area contributed by atoms with Crippen LogP contribution in [0.5, 0.6) is 0 Å². The predicted octanol–water partition coefficient (Wildman–Crippen LogP) is 3.49. The van der Waals surface area contributed by atoms with E-state index in [0.29, 0.717) is 11.1 Å². The Labute approximate surface area is 129 Å². The third kappa shape index (κ3) is 3.51. The lowest BCUT2D eigenvalue weighted by atomic mass is 9.96. The average molecular weight is 325 g/mol. The van der Waals surface area contributed by atoms with Crippen molar-refractivity contribution < 1.29 is 17.2 Å². The summed E-state index contributed by atoms with van der Waals surface area (Å²) in [6.07, 6.45) is 0. The normalized spacial score (nSPS) is 12.4. The average Bonchev–Trinajstić information content (AvgIpc) is 2.37. The van der Waals surface area contributed by atoms with Crippen LogP contribution in [0.15, 0.2) is 47.4 Å². The molecular formula is C16H17F2NO2S. The van der Waals surface area contributed by atoms with Crippen LogP contribution < -0.4 is 4.72 Å². The molecule has 0 atom stereocenters. The highest BCUT2D eigenvalue weighted by molar-refractivity contribution is 7.89. The van der Waals surface area contributed by atoms with Crippen molar-refractivity contribution in [2.24, 2.45) is 0 Å². The van der Waals surface area contributed by atoms with E-state index < -0.39 is 27.2 Å². The molecule has 2 rings (SSSR count). The number of hydrogen-bond acceptors (Lipinski definition) is 2. The summed E-state index contributed by atoms with van der Waals surface area (Å²) in [5, 5.41) is 0. The van der Waals surface area contributed by atoms with Crippen LogP contribution in [0.25, 0.3) is 0 Å². The third-order valence-corrected chi connectivity index (χ3v) is 5.20. The molecule has 0 bridgehead atoms. The first-order valence-electron chi connectivity index (χ1n) is 6.68. The van der Waals surface area contributed by atoms with Gasteiger partial charge in [-0.05, 0) is 62.2 Å². The number of aryl methyl sites for hydroxylation is 1. The van der Waals surface area contributed by atoms with E-state index in [1.54, 1.807) is 13.8 Å². The standard InChI is InChI=1S/C16H17F2NO2S/c1-11-10-14(18)8-9-15(11)22(20,21)19-16(2,3)12-4-6-13(17)7-5-12/h4-10,19H,1-3H3. The van der Waals surface area contributed by atoms with E-state index in [-0.39, 0.29) is 4.90 Å². The molecule has 6 heteroatoms. The van der Waals surface area contributed by atoms with E-state index in [2.05, 4.69) is 4.72 Å². The zero-order chi connectivity index (χ0) is 16.5. The minimum atomic E-state index is -3.83. The molecule has 0 aromatic heterocycles. The minimum absolute atomic E-state index is 0.0177. The summed E-state index contributed by atoms with van der Waals surface area (Å²) >= 11 is 0. The van der Waals surface area contributed by atoms with E-state index in [9.17, 15) is 17.2 Å². The smallest absolute Gasteiger partial charge is 0.207 e. The van der Waals surface area contributed by atoms with Crippen LogP contribution in [0.1, 0.15) is 25.0 Å². The Kier molecular flexibility index (Phi) is 4.35. The Morgan fingerprint density at radius 3 is 2.05 bits per heavy atom. The molecule has 118 valence electrons. The van der Waals surface area contributed by atoms with Crippen LogP contribution in [0.3, 0.4) is 0 Å². The van der Waals surface area contributed by atoms with Crippen molar-refractivity contribution in [2.75, 3.05) is 0 Å². The quantitative estimate of drug-likeness (QED) is 0.935. The molecule has 0 aliphatic rings. The maximum absolute atomic E-state index is 13.1. The van der Waals surface area contributed by atoms with Gasteiger partial charge in [-0.15, -0.1) is 0 Å². The van der Waals surface area contributed by atoms with Crippen molar-refractivity contribution in [3.8, 4) is 0 Å². The van der Waals surface area contributed by atoms with Gasteiger partial charge >= 0.3 is 0 Å². The Hall–Kier alpha value is -1.79. The predicted molar refractivity (Wildman–Crippen MR) is 80.9 cm³/mol.